The van der Waals surface area contributed by atoms with Crippen molar-refractivity contribution in [3.8, 4) is 11.1 Å². The van der Waals surface area contributed by atoms with Gasteiger partial charge in [0.2, 0.25) is 0 Å². The van der Waals surface area contributed by atoms with E-state index in [1.54, 1.807) is 0 Å². The smallest absolute Gasteiger partial charge is 0.133 e. The molecular weight excluding hydrogens is 338 g/mol. The number of anilines is 1. The highest BCUT2D eigenvalue weighted by molar-refractivity contribution is 7.99. The summed E-state index contributed by atoms with van der Waals surface area (Å²) in [6.45, 7) is 3.08. The normalized spacial score (nSPS) is 24.6. The van der Waals surface area contributed by atoms with E-state index in [1.165, 1.54) is 34.3 Å². The maximum atomic E-state index is 14.4. The van der Waals surface area contributed by atoms with Gasteiger partial charge in [0.1, 0.15) is 11.6 Å². The molecule has 1 fully saturated rings. The van der Waals surface area contributed by atoms with E-state index in [2.05, 4.69) is 10.2 Å². The number of thioether (sulfide) groups is 1. The summed E-state index contributed by atoms with van der Waals surface area (Å²) >= 11 is 1.83. The van der Waals surface area contributed by atoms with Crippen molar-refractivity contribution in [2.24, 2.45) is 0 Å². The maximum absolute atomic E-state index is 14.4. The first-order valence-electron chi connectivity index (χ1n) is 8.96. The summed E-state index contributed by atoms with van der Waals surface area (Å²) < 4.78 is 28.7. The quantitative estimate of drug-likeness (QED) is 0.814. The second-order valence-corrected chi connectivity index (χ2v) is 8.21. The molecule has 1 N–H and O–H groups in total. The minimum Gasteiger partial charge on any atom is -0.367 e. The molecule has 2 aromatic carbocycles. The van der Waals surface area contributed by atoms with Crippen molar-refractivity contribution in [2.75, 3.05) is 30.3 Å². The van der Waals surface area contributed by atoms with E-state index in [0.29, 0.717) is 17.5 Å². The van der Waals surface area contributed by atoms with Crippen LogP contribution >= 0.6 is 11.8 Å². The summed E-state index contributed by atoms with van der Waals surface area (Å²) in [5, 5.41) is 3.50. The lowest BCUT2D eigenvalue weighted by molar-refractivity contribution is 0.403. The molecule has 0 amide bonds. The molecule has 0 saturated carbocycles. The number of benzene rings is 2. The van der Waals surface area contributed by atoms with Crippen LogP contribution in [0.15, 0.2) is 35.2 Å². The average molecular weight is 358 g/mol. The largest absolute Gasteiger partial charge is 0.367 e. The van der Waals surface area contributed by atoms with Crippen molar-refractivity contribution in [3.05, 3.63) is 47.5 Å². The third-order valence-corrected chi connectivity index (χ3v) is 6.80. The molecule has 3 aliphatic rings. The standard InChI is InChI=1S/C20H20F2N2S/c21-15-3-1-4-16(22)19(15)12-9-13-14-11-23-6-5-17(14)24-7-2-8-25-18(10-12)20(13)24/h1,3-4,9-10,14,17,23H,2,5-8,11H2/t14?,17-/m0/s1. The third kappa shape index (κ3) is 2.40. The molecular formula is C20H20F2N2S. The van der Waals surface area contributed by atoms with Crippen molar-refractivity contribution in [1.29, 1.82) is 0 Å². The second kappa shape index (κ2) is 5.99. The first kappa shape index (κ1) is 15.6. The van der Waals surface area contributed by atoms with Crippen molar-refractivity contribution < 1.29 is 8.78 Å². The Kier molecular flexibility index (Phi) is 3.75. The molecule has 2 nitrogen and oxygen atoms in total. The van der Waals surface area contributed by atoms with Gasteiger partial charge < -0.3 is 10.2 Å². The van der Waals surface area contributed by atoms with E-state index >= 15 is 0 Å². The van der Waals surface area contributed by atoms with Gasteiger partial charge in [-0.25, -0.2) is 8.78 Å². The van der Waals surface area contributed by atoms with Gasteiger partial charge in [-0.1, -0.05) is 6.07 Å². The van der Waals surface area contributed by atoms with Crippen molar-refractivity contribution in [3.63, 3.8) is 0 Å². The van der Waals surface area contributed by atoms with E-state index in [1.807, 2.05) is 23.9 Å². The molecule has 3 aliphatic heterocycles. The molecule has 0 aromatic heterocycles. The molecule has 25 heavy (non-hydrogen) atoms. The van der Waals surface area contributed by atoms with Gasteiger partial charge in [0.25, 0.3) is 0 Å². The Bertz CT molecular complexity index is 818. The van der Waals surface area contributed by atoms with Gasteiger partial charge in [0.05, 0.1) is 11.3 Å². The maximum Gasteiger partial charge on any atom is 0.133 e. The van der Waals surface area contributed by atoms with Crippen LogP contribution in [-0.4, -0.2) is 31.4 Å². The minimum atomic E-state index is -0.487. The lowest BCUT2D eigenvalue weighted by atomic mass is 9.88. The number of nitrogens with one attached hydrogen (secondary N) is 1. The fourth-order valence-corrected chi connectivity index (χ4v) is 5.72. The predicted molar refractivity (Wildman–Crippen MR) is 98.5 cm³/mol. The van der Waals surface area contributed by atoms with E-state index in [-0.39, 0.29) is 5.56 Å². The number of piperidine rings is 1. The van der Waals surface area contributed by atoms with E-state index < -0.39 is 11.6 Å². The van der Waals surface area contributed by atoms with Crippen LogP contribution in [0.25, 0.3) is 11.1 Å². The number of nitrogens with zero attached hydrogens (tertiary/aromatic N) is 1. The molecule has 5 heteroatoms. The summed E-state index contributed by atoms with van der Waals surface area (Å²) in [5.41, 5.74) is 3.36. The number of hydrogen-bond acceptors (Lipinski definition) is 3. The fourth-order valence-electron chi connectivity index (χ4n) is 4.64. The van der Waals surface area contributed by atoms with Crippen LogP contribution in [-0.2, 0) is 0 Å². The first-order valence-corrected chi connectivity index (χ1v) is 9.95. The molecule has 130 valence electrons. The van der Waals surface area contributed by atoms with Gasteiger partial charge in [-0.15, -0.1) is 11.8 Å². The SMILES string of the molecule is Fc1cccc(F)c1-c1cc2c3c(c1)C1CNCC[C@@H]1N3CCCS2. The highest BCUT2D eigenvalue weighted by atomic mass is 32.2. The molecule has 5 rings (SSSR count). The zero-order valence-electron chi connectivity index (χ0n) is 13.9. The summed E-state index contributed by atoms with van der Waals surface area (Å²) in [5.74, 6) is 0.496. The van der Waals surface area contributed by atoms with Gasteiger partial charge in [-0.3, -0.25) is 0 Å². The van der Waals surface area contributed by atoms with Crippen LogP contribution in [0.1, 0.15) is 24.3 Å². The molecule has 0 bridgehead atoms. The van der Waals surface area contributed by atoms with Crippen molar-refractivity contribution in [1.82, 2.24) is 5.32 Å². The Labute approximate surface area is 150 Å². The third-order valence-electron chi connectivity index (χ3n) is 5.69. The number of hydrogen-bond donors (Lipinski definition) is 1. The van der Waals surface area contributed by atoms with Crippen LogP contribution in [0.3, 0.4) is 0 Å². The molecule has 1 unspecified atom stereocenters. The number of fused-ring (bicyclic) bond motifs is 3. The number of rotatable bonds is 1. The van der Waals surface area contributed by atoms with Crippen LogP contribution < -0.4 is 10.2 Å². The Balaban J connectivity index is 1.72. The Morgan fingerprint density at radius 2 is 2.00 bits per heavy atom. The molecule has 0 aliphatic carbocycles. The predicted octanol–water partition coefficient (Wildman–Crippen LogP) is 4.39. The zero-order chi connectivity index (χ0) is 17.0. The molecule has 2 atom stereocenters. The van der Waals surface area contributed by atoms with Crippen LogP contribution in [0.4, 0.5) is 14.5 Å². The van der Waals surface area contributed by atoms with Gasteiger partial charge in [0.15, 0.2) is 0 Å². The molecule has 3 heterocycles. The minimum absolute atomic E-state index is 0.102. The van der Waals surface area contributed by atoms with E-state index in [4.69, 9.17) is 0 Å². The van der Waals surface area contributed by atoms with E-state index in [9.17, 15) is 8.78 Å². The van der Waals surface area contributed by atoms with Gasteiger partial charge in [-0.2, -0.15) is 0 Å². The molecule has 0 radical (unpaired) electrons. The second-order valence-electron chi connectivity index (χ2n) is 7.07. The lowest BCUT2D eigenvalue weighted by Gasteiger charge is -2.33. The highest BCUT2D eigenvalue weighted by Gasteiger charge is 2.42. The average Bonchev–Trinajstić information content (AvgIpc) is 2.77. The molecule has 1 saturated heterocycles. The Hall–Kier alpha value is -1.59. The summed E-state index contributed by atoms with van der Waals surface area (Å²) in [7, 11) is 0. The number of halogens is 2. The van der Waals surface area contributed by atoms with E-state index in [0.717, 1.165) is 38.2 Å². The first-order chi connectivity index (χ1) is 12.2. The van der Waals surface area contributed by atoms with Gasteiger partial charge in [0, 0.05) is 29.9 Å². The Morgan fingerprint density at radius 1 is 1.16 bits per heavy atom. The summed E-state index contributed by atoms with van der Waals surface area (Å²) in [6.07, 6.45) is 2.28. The fraction of sp³-hybridized carbons (Fsp3) is 0.400. The monoisotopic (exact) mass is 358 g/mol. The summed E-state index contributed by atoms with van der Waals surface area (Å²) in [4.78, 5) is 3.75. The molecule has 2 aromatic rings. The topological polar surface area (TPSA) is 15.3 Å². The lowest BCUT2D eigenvalue weighted by Crippen LogP contribution is -2.44. The Morgan fingerprint density at radius 3 is 2.84 bits per heavy atom. The van der Waals surface area contributed by atoms with Crippen LogP contribution in [0.2, 0.25) is 0 Å². The van der Waals surface area contributed by atoms with Crippen molar-refractivity contribution >= 4 is 17.4 Å². The summed E-state index contributed by atoms with van der Waals surface area (Å²) in [6, 6.07) is 8.66. The highest BCUT2D eigenvalue weighted by Crippen LogP contribution is 2.51. The van der Waals surface area contributed by atoms with Gasteiger partial charge >= 0.3 is 0 Å². The molecule has 0 spiro atoms. The van der Waals surface area contributed by atoms with Crippen LogP contribution in [0.5, 0.6) is 0 Å². The zero-order valence-corrected chi connectivity index (χ0v) is 14.7. The van der Waals surface area contributed by atoms with Crippen molar-refractivity contribution in [2.45, 2.75) is 29.7 Å². The van der Waals surface area contributed by atoms with Crippen LogP contribution in [0, 0.1) is 11.6 Å². The van der Waals surface area contributed by atoms with Gasteiger partial charge in [-0.05, 0) is 60.5 Å².